The van der Waals surface area contributed by atoms with Gasteiger partial charge in [-0.2, -0.15) is 0 Å². The van der Waals surface area contributed by atoms with Crippen LogP contribution < -0.4 is 9.47 Å². The van der Waals surface area contributed by atoms with Gasteiger partial charge in [0.2, 0.25) is 0 Å². The van der Waals surface area contributed by atoms with E-state index in [1.165, 1.54) is 0 Å². The normalized spacial score (nSPS) is 19.5. The lowest BCUT2D eigenvalue weighted by Crippen LogP contribution is -2.37. The summed E-state index contributed by atoms with van der Waals surface area (Å²) in [5.41, 5.74) is 0.315. The third-order valence-electron chi connectivity index (χ3n) is 5.65. The molecule has 162 valence electrons. The van der Waals surface area contributed by atoms with Crippen molar-refractivity contribution < 1.29 is 14.6 Å². The van der Waals surface area contributed by atoms with Crippen LogP contribution in [0.5, 0.6) is 17.2 Å². The van der Waals surface area contributed by atoms with E-state index < -0.39 is 5.60 Å². The van der Waals surface area contributed by atoms with E-state index >= 15 is 0 Å². The zero-order chi connectivity index (χ0) is 21.5. The minimum absolute atomic E-state index is 0.319. The van der Waals surface area contributed by atoms with Gasteiger partial charge in [-0.05, 0) is 62.2 Å². The summed E-state index contributed by atoms with van der Waals surface area (Å²) in [6.45, 7) is 2.82. The van der Waals surface area contributed by atoms with Crippen LogP contribution in [-0.4, -0.2) is 35.3 Å². The predicted molar refractivity (Wildman–Crippen MR) is 124 cm³/mol. The van der Waals surface area contributed by atoms with Crippen LogP contribution in [0.25, 0.3) is 0 Å². The molecule has 0 bridgehead atoms. The van der Waals surface area contributed by atoms with Gasteiger partial charge in [0.1, 0.15) is 23.9 Å². The van der Waals surface area contributed by atoms with Gasteiger partial charge in [-0.25, -0.2) is 0 Å². The van der Waals surface area contributed by atoms with E-state index in [1.807, 2.05) is 72.8 Å². The highest BCUT2D eigenvalue weighted by molar-refractivity contribution is 6.30. The zero-order valence-corrected chi connectivity index (χ0v) is 18.3. The lowest BCUT2D eigenvalue weighted by molar-refractivity contribution is -0.0168. The molecule has 1 heterocycles. The molecule has 1 unspecified atom stereocenters. The first-order chi connectivity index (χ1) is 15.1. The second-order valence-electron chi connectivity index (χ2n) is 8.12. The second kappa shape index (κ2) is 10.2. The summed E-state index contributed by atoms with van der Waals surface area (Å²) in [5, 5.41) is 11.7. The number of benzene rings is 3. The summed E-state index contributed by atoms with van der Waals surface area (Å²) in [6, 6.07) is 25.2. The maximum Gasteiger partial charge on any atom is 0.131 e. The van der Waals surface area contributed by atoms with Gasteiger partial charge in [0.05, 0.1) is 5.60 Å². The maximum atomic E-state index is 11.1. The molecule has 0 radical (unpaired) electrons. The van der Waals surface area contributed by atoms with Crippen LogP contribution >= 0.6 is 11.6 Å². The van der Waals surface area contributed by atoms with Crippen molar-refractivity contribution in [1.82, 2.24) is 4.90 Å². The Bertz CT molecular complexity index is 981. The molecule has 4 rings (SSSR count). The fraction of sp³-hybridized carbons (Fsp3) is 0.308. The molecule has 1 N–H and O–H groups in total. The molecule has 1 atom stereocenters. The molecule has 31 heavy (non-hydrogen) atoms. The van der Waals surface area contributed by atoms with Gasteiger partial charge in [0.25, 0.3) is 0 Å². The van der Waals surface area contributed by atoms with E-state index in [-0.39, 0.29) is 0 Å². The van der Waals surface area contributed by atoms with Gasteiger partial charge in [-0.3, -0.25) is 4.90 Å². The lowest BCUT2D eigenvalue weighted by Gasteiger charge is -2.27. The van der Waals surface area contributed by atoms with Gasteiger partial charge < -0.3 is 14.6 Å². The quantitative estimate of drug-likeness (QED) is 0.497. The summed E-state index contributed by atoms with van der Waals surface area (Å²) < 4.78 is 12.0. The number of para-hydroxylation sites is 2. The lowest BCUT2D eigenvalue weighted by atomic mass is 9.96. The molecule has 1 saturated heterocycles. The van der Waals surface area contributed by atoms with Crippen LogP contribution in [0.3, 0.4) is 0 Å². The molecule has 1 aliphatic heterocycles. The van der Waals surface area contributed by atoms with Gasteiger partial charge in [0, 0.05) is 23.7 Å². The first-order valence-corrected chi connectivity index (χ1v) is 11.1. The molecule has 4 nitrogen and oxygen atoms in total. The molecule has 0 spiro atoms. The molecule has 0 amide bonds. The Hall–Kier alpha value is -2.53. The minimum Gasteiger partial charge on any atom is -0.491 e. The number of nitrogens with zero attached hydrogens (tertiary/aromatic N) is 1. The van der Waals surface area contributed by atoms with Crippen LogP contribution in [0.2, 0.25) is 5.02 Å². The van der Waals surface area contributed by atoms with Crippen LogP contribution in [0.15, 0.2) is 78.9 Å². The molecule has 0 saturated carbocycles. The van der Waals surface area contributed by atoms with Gasteiger partial charge >= 0.3 is 0 Å². The highest BCUT2D eigenvalue weighted by Crippen LogP contribution is 2.30. The summed E-state index contributed by atoms with van der Waals surface area (Å²) in [7, 11) is 0. The molecule has 0 aliphatic carbocycles. The van der Waals surface area contributed by atoms with E-state index in [4.69, 9.17) is 21.1 Å². The van der Waals surface area contributed by atoms with Crippen molar-refractivity contribution in [2.75, 3.05) is 19.7 Å². The zero-order valence-electron chi connectivity index (χ0n) is 17.5. The van der Waals surface area contributed by atoms with Gasteiger partial charge in [-0.1, -0.05) is 54.1 Å². The number of halogens is 1. The third-order valence-corrected chi connectivity index (χ3v) is 5.89. The standard InChI is InChI=1S/C26H28ClNO3/c27-22-9-6-12-24(18-22)31-25-13-5-4-8-21(25)19-28-16-7-14-26(29,15-17-28)20-30-23-10-2-1-3-11-23/h1-6,8-13,18,29H,7,14-17,19-20H2. The second-order valence-corrected chi connectivity index (χ2v) is 8.56. The van der Waals surface area contributed by atoms with Crippen molar-refractivity contribution in [3.63, 3.8) is 0 Å². The molecule has 1 aliphatic rings. The smallest absolute Gasteiger partial charge is 0.131 e. The molecule has 3 aromatic rings. The highest BCUT2D eigenvalue weighted by Gasteiger charge is 2.31. The number of aliphatic hydroxyl groups is 1. The fourth-order valence-corrected chi connectivity index (χ4v) is 4.08. The third kappa shape index (κ3) is 6.23. The topological polar surface area (TPSA) is 41.9 Å². The maximum absolute atomic E-state index is 11.1. The van der Waals surface area contributed by atoms with Crippen LogP contribution in [0.4, 0.5) is 0 Å². The Kier molecular flexibility index (Phi) is 7.13. The van der Waals surface area contributed by atoms with Crippen molar-refractivity contribution in [3.8, 4) is 17.2 Å². The van der Waals surface area contributed by atoms with Crippen LogP contribution in [0, 0.1) is 0 Å². The monoisotopic (exact) mass is 437 g/mol. The van der Waals surface area contributed by atoms with E-state index in [1.54, 1.807) is 0 Å². The molecule has 5 heteroatoms. The summed E-state index contributed by atoms with van der Waals surface area (Å²) in [6.07, 6.45) is 2.33. The largest absolute Gasteiger partial charge is 0.491 e. The average Bonchev–Trinajstić information content (AvgIpc) is 2.96. The average molecular weight is 438 g/mol. The molecular formula is C26H28ClNO3. The van der Waals surface area contributed by atoms with E-state index in [0.717, 1.165) is 55.3 Å². The highest BCUT2D eigenvalue weighted by atomic mass is 35.5. The summed E-state index contributed by atoms with van der Waals surface area (Å²) in [5.74, 6) is 2.35. The van der Waals surface area contributed by atoms with Gasteiger partial charge in [-0.15, -0.1) is 0 Å². The molecule has 1 fully saturated rings. The van der Waals surface area contributed by atoms with Crippen molar-refractivity contribution in [3.05, 3.63) is 89.4 Å². The molecule has 0 aromatic heterocycles. The van der Waals surface area contributed by atoms with Gasteiger partial charge in [0.15, 0.2) is 0 Å². The number of hydrogen-bond donors (Lipinski definition) is 1. The van der Waals surface area contributed by atoms with Crippen LogP contribution in [0.1, 0.15) is 24.8 Å². The molecule has 3 aromatic carbocycles. The van der Waals surface area contributed by atoms with E-state index in [0.29, 0.717) is 18.1 Å². The Labute approximate surface area is 189 Å². The first kappa shape index (κ1) is 21.7. The minimum atomic E-state index is -0.804. The Morgan fingerprint density at radius 3 is 2.48 bits per heavy atom. The number of hydrogen-bond acceptors (Lipinski definition) is 4. The predicted octanol–water partition coefficient (Wildman–Crippen LogP) is 5.93. The van der Waals surface area contributed by atoms with Crippen molar-refractivity contribution in [2.45, 2.75) is 31.4 Å². The Balaban J connectivity index is 1.37. The fourth-order valence-electron chi connectivity index (χ4n) is 3.90. The summed E-state index contributed by atoms with van der Waals surface area (Å²) >= 11 is 6.09. The van der Waals surface area contributed by atoms with Crippen molar-refractivity contribution >= 4 is 11.6 Å². The Morgan fingerprint density at radius 1 is 0.871 bits per heavy atom. The van der Waals surface area contributed by atoms with E-state index in [2.05, 4.69) is 11.0 Å². The number of likely N-dealkylation sites (tertiary alicyclic amines) is 1. The SMILES string of the molecule is OC1(COc2ccccc2)CCCN(Cc2ccccc2Oc2cccc(Cl)c2)CC1. The summed E-state index contributed by atoms with van der Waals surface area (Å²) in [4.78, 5) is 2.38. The van der Waals surface area contributed by atoms with Crippen LogP contribution in [-0.2, 0) is 6.54 Å². The molecular weight excluding hydrogens is 410 g/mol. The first-order valence-electron chi connectivity index (χ1n) is 10.7. The van der Waals surface area contributed by atoms with Crippen molar-refractivity contribution in [1.29, 1.82) is 0 Å². The number of ether oxygens (including phenoxy) is 2. The van der Waals surface area contributed by atoms with Crippen molar-refractivity contribution in [2.24, 2.45) is 0 Å². The Morgan fingerprint density at radius 2 is 1.65 bits per heavy atom. The van der Waals surface area contributed by atoms with E-state index in [9.17, 15) is 5.11 Å². The number of rotatable bonds is 7.